The van der Waals surface area contributed by atoms with Gasteiger partial charge in [-0.1, -0.05) is 12.8 Å². The van der Waals surface area contributed by atoms with E-state index in [1.165, 1.54) is 12.8 Å². The fourth-order valence-corrected chi connectivity index (χ4v) is 2.43. The lowest BCUT2D eigenvalue weighted by Crippen LogP contribution is -2.41. The van der Waals surface area contributed by atoms with Crippen LogP contribution in [0.15, 0.2) is 10.9 Å². The number of nitrogens with two attached hydrogens (primary N) is 1. The van der Waals surface area contributed by atoms with Crippen molar-refractivity contribution in [2.75, 3.05) is 6.61 Å². The molecule has 0 radical (unpaired) electrons. The molecule has 0 spiro atoms. The summed E-state index contributed by atoms with van der Waals surface area (Å²) in [6.07, 6.45) is 4.70. The van der Waals surface area contributed by atoms with E-state index in [4.69, 9.17) is 10.5 Å². The van der Waals surface area contributed by atoms with Gasteiger partial charge in [0.15, 0.2) is 0 Å². The largest absolute Gasteiger partial charge is 0.373 e. The molecule has 1 aromatic rings. The number of thiazole rings is 1. The first-order chi connectivity index (χ1) is 6.79. The van der Waals surface area contributed by atoms with Gasteiger partial charge in [-0.2, -0.15) is 0 Å². The summed E-state index contributed by atoms with van der Waals surface area (Å²) in [5.74, 6) is 0. The van der Waals surface area contributed by atoms with Crippen LogP contribution in [0.25, 0.3) is 0 Å². The lowest BCUT2D eigenvalue weighted by atomic mass is 10.0. The number of ether oxygens (including phenoxy) is 1. The Morgan fingerprint density at radius 1 is 1.50 bits per heavy atom. The maximum absolute atomic E-state index is 6.16. The molecular weight excluding hydrogens is 196 g/mol. The van der Waals surface area contributed by atoms with Gasteiger partial charge in [0.25, 0.3) is 0 Å². The van der Waals surface area contributed by atoms with E-state index in [0.29, 0.717) is 13.2 Å². The topological polar surface area (TPSA) is 48.1 Å². The molecule has 1 aromatic heterocycles. The van der Waals surface area contributed by atoms with Crippen molar-refractivity contribution in [3.63, 3.8) is 0 Å². The summed E-state index contributed by atoms with van der Waals surface area (Å²) < 4.78 is 5.58. The number of hydrogen-bond donors (Lipinski definition) is 1. The zero-order valence-corrected chi connectivity index (χ0v) is 9.05. The second-order valence-corrected chi connectivity index (χ2v) is 4.76. The molecule has 4 heteroatoms. The highest BCUT2D eigenvalue weighted by Gasteiger charge is 2.29. The van der Waals surface area contributed by atoms with Crippen LogP contribution in [0, 0.1) is 0 Å². The minimum atomic E-state index is -0.0595. The van der Waals surface area contributed by atoms with E-state index in [1.807, 2.05) is 10.9 Å². The van der Waals surface area contributed by atoms with Crippen molar-refractivity contribution in [1.29, 1.82) is 0 Å². The van der Waals surface area contributed by atoms with Crippen LogP contribution in [0.2, 0.25) is 0 Å². The predicted octanol–water partition coefficient (Wildman–Crippen LogP) is 1.93. The summed E-state index contributed by atoms with van der Waals surface area (Å²) in [7, 11) is 0. The van der Waals surface area contributed by atoms with Crippen molar-refractivity contribution in [2.24, 2.45) is 5.73 Å². The van der Waals surface area contributed by atoms with Crippen molar-refractivity contribution in [3.8, 4) is 0 Å². The smallest absolute Gasteiger partial charge is 0.0897 e. The van der Waals surface area contributed by atoms with Crippen molar-refractivity contribution in [1.82, 2.24) is 4.98 Å². The Hall–Kier alpha value is -0.450. The number of rotatable bonds is 4. The highest BCUT2D eigenvalue weighted by Crippen LogP contribution is 2.27. The van der Waals surface area contributed by atoms with Crippen LogP contribution in [-0.4, -0.2) is 17.1 Å². The Balaban J connectivity index is 1.72. The monoisotopic (exact) mass is 212 g/mol. The molecule has 0 amide bonds. The molecule has 3 nitrogen and oxygen atoms in total. The van der Waals surface area contributed by atoms with Crippen molar-refractivity contribution < 1.29 is 4.74 Å². The van der Waals surface area contributed by atoms with Crippen molar-refractivity contribution >= 4 is 11.3 Å². The molecular formula is C10H16N2OS. The van der Waals surface area contributed by atoms with Gasteiger partial charge in [0.05, 0.1) is 24.4 Å². The quantitative estimate of drug-likeness (QED) is 0.829. The number of aromatic nitrogens is 1. The van der Waals surface area contributed by atoms with Crippen LogP contribution < -0.4 is 5.73 Å². The molecule has 1 aliphatic rings. The summed E-state index contributed by atoms with van der Waals surface area (Å²) in [6, 6.07) is 0. The van der Waals surface area contributed by atoms with E-state index >= 15 is 0 Å². The lowest BCUT2D eigenvalue weighted by Gasteiger charge is -2.22. The Morgan fingerprint density at radius 3 is 2.93 bits per heavy atom. The zero-order chi connectivity index (χ0) is 9.86. The van der Waals surface area contributed by atoms with E-state index in [1.54, 1.807) is 11.3 Å². The van der Waals surface area contributed by atoms with Gasteiger partial charge in [-0.3, -0.25) is 0 Å². The molecule has 0 bridgehead atoms. The van der Waals surface area contributed by atoms with Gasteiger partial charge in [0, 0.05) is 10.9 Å². The van der Waals surface area contributed by atoms with Gasteiger partial charge in [-0.25, -0.2) is 4.98 Å². The average Bonchev–Trinajstić information content (AvgIpc) is 2.77. The first-order valence-electron chi connectivity index (χ1n) is 5.02. The standard InChI is InChI=1S/C10H16N2OS/c11-10(3-1-2-4-10)7-13-5-9-6-14-8-12-9/h6,8H,1-5,7,11H2. The minimum Gasteiger partial charge on any atom is -0.373 e. The van der Waals surface area contributed by atoms with E-state index in [2.05, 4.69) is 4.98 Å². The second kappa shape index (κ2) is 4.38. The summed E-state index contributed by atoms with van der Waals surface area (Å²) in [5.41, 5.74) is 8.93. The minimum absolute atomic E-state index is 0.0595. The SMILES string of the molecule is NC1(COCc2cscn2)CCCC1. The van der Waals surface area contributed by atoms with E-state index in [-0.39, 0.29) is 5.54 Å². The summed E-state index contributed by atoms with van der Waals surface area (Å²) >= 11 is 1.60. The second-order valence-electron chi connectivity index (χ2n) is 4.04. The van der Waals surface area contributed by atoms with Crippen molar-refractivity contribution in [2.45, 2.75) is 37.8 Å². The molecule has 78 valence electrons. The van der Waals surface area contributed by atoms with Gasteiger partial charge in [0.1, 0.15) is 0 Å². The van der Waals surface area contributed by atoms with Gasteiger partial charge >= 0.3 is 0 Å². The fourth-order valence-electron chi connectivity index (χ4n) is 1.89. The molecule has 0 saturated heterocycles. The van der Waals surface area contributed by atoms with E-state index in [0.717, 1.165) is 18.5 Å². The zero-order valence-electron chi connectivity index (χ0n) is 8.24. The van der Waals surface area contributed by atoms with Gasteiger partial charge in [-0.15, -0.1) is 11.3 Å². The Kier molecular flexibility index (Phi) is 3.15. The maximum atomic E-state index is 6.16. The van der Waals surface area contributed by atoms with Crippen LogP contribution in [0.4, 0.5) is 0 Å². The Bertz CT molecular complexity index is 268. The summed E-state index contributed by atoms with van der Waals surface area (Å²) in [6.45, 7) is 1.27. The average molecular weight is 212 g/mol. The Labute approximate surface area is 88.3 Å². The molecule has 1 heterocycles. The molecule has 0 aromatic carbocycles. The normalized spacial score (nSPS) is 20.1. The van der Waals surface area contributed by atoms with Gasteiger partial charge in [0.2, 0.25) is 0 Å². The molecule has 14 heavy (non-hydrogen) atoms. The molecule has 1 fully saturated rings. The molecule has 0 aliphatic heterocycles. The molecule has 1 saturated carbocycles. The molecule has 2 N–H and O–H groups in total. The Morgan fingerprint density at radius 2 is 2.29 bits per heavy atom. The third-order valence-electron chi connectivity index (χ3n) is 2.72. The first-order valence-corrected chi connectivity index (χ1v) is 5.96. The summed E-state index contributed by atoms with van der Waals surface area (Å²) in [5, 5.41) is 2.01. The number of hydrogen-bond acceptors (Lipinski definition) is 4. The highest BCUT2D eigenvalue weighted by atomic mass is 32.1. The molecule has 0 atom stereocenters. The van der Waals surface area contributed by atoms with Gasteiger partial charge < -0.3 is 10.5 Å². The fraction of sp³-hybridized carbons (Fsp3) is 0.700. The van der Waals surface area contributed by atoms with Crippen molar-refractivity contribution in [3.05, 3.63) is 16.6 Å². The predicted molar refractivity (Wildman–Crippen MR) is 57.2 cm³/mol. The van der Waals surface area contributed by atoms with Crippen LogP contribution in [0.5, 0.6) is 0 Å². The van der Waals surface area contributed by atoms with Crippen LogP contribution >= 0.6 is 11.3 Å². The van der Waals surface area contributed by atoms with Crippen LogP contribution in [0.3, 0.4) is 0 Å². The molecule has 1 aliphatic carbocycles. The molecule has 0 unspecified atom stereocenters. The third kappa shape index (κ3) is 2.53. The first kappa shape index (κ1) is 10.1. The van der Waals surface area contributed by atoms with E-state index in [9.17, 15) is 0 Å². The van der Waals surface area contributed by atoms with E-state index < -0.39 is 0 Å². The highest BCUT2D eigenvalue weighted by molar-refractivity contribution is 7.07. The number of nitrogens with zero attached hydrogens (tertiary/aromatic N) is 1. The van der Waals surface area contributed by atoms with Crippen LogP contribution in [-0.2, 0) is 11.3 Å². The lowest BCUT2D eigenvalue weighted by molar-refractivity contribution is 0.0734. The third-order valence-corrected chi connectivity index (χ3v) is 3.36. The molecule has 2 rings (SSSR count). The maximum Gasteiger partial charge on any atom is 0.0897 e. The van der Waals surface area contributed by atoms with Crippen LogP contribution in [0.1, 0.15) is 31.4 Å². The van der Waals surface area contributed by atoms with Gasteiger partial charge in [-0.05, 0) is 12.8 Å². The summed E-state index contributed by atoms with van der Waals surface area (Å²) in [4.78, 5) is 4.16.